The van der Waals surface area contributed by atoms with Crippen molar-refractivity contribution in [1.82, 2.24) is 5.32 Å². The van der Waals surface area contributed by atoms with E-state index in [2.05, 4.69) is 19.2 Å². The van der Waals surface area contributed by atoms with E-state index in [9.17, 15) is 5.11 Å². The zero-order valence-electron chi connectivity index (χ0n) is 14.0. The first-order valence-electron chi connectivity index (χ1n) is 9.16. The van der Waals surface area contributed by atoms with Gasteiger partial charge in [0.2, 0.25) is 0 Å². The summed E-state index contributed by atoms with van der Waals surface area (Å²) < 4.78 is 5.91. The SMILES string of the molecule is CC1CCCC(NCC(O)COC2CCCC(C)C2)CC1. The molecule has 0 aromatic heterocycles. The lowest BCUT2D eigenvalue weighted by molar-refractivity contribution is -0.0312. The van der Waals surface area contributed by atoms with Crippen molar-refractivity contribution in [2.24, 2.45) is 11.8 Å². The molecule has 0 heterocycles. The lowest BCUT2D eigenvalue weighted by Crippen LogP contribution is -2.38. The number of hydrogen-bond acceptors (Lipinski definition) is 3. The molecule has 2 N–H and O–H groups in total. The lowest BCUT2D eigenvalue weighted by atomic mass is 9.89. The molecule has 5 unspecified atom stereocenters. The van der Waals surface area contributed by atoms with Gasteiger partial charge in [-0.2, -0.15) is 0 Å². The van der Waals surface area contributed by atoms with Crippen molar-refractivity contribution in [3.8, 4) is 0 Å². The number of rotatable bonds is 6. The van der Waals surface area contributed by atoms with E-state index in [1.807, 2.05) is 0 Å². The Bertz CT molecular complexity index is 284. The molecular weight excluding hydrogens is 262 g/mol. The van der Waals surface area contributed by atoms with E-state index in [1.165, 1.54) is 57.8 Å². The van der Waals surface area contributed by atoms with Crippen LogP contribution < -0.4 is 5.32 Å². The van der Waals surface area contributed by atoms with Crippen LogP contribution in [0.3, 0.4) is 0 Å². The fourth-order valence-corrected chi connectivity index (χ4v) is 3.83. The molecule has 21 heavy (non-hydrogen) atoms. The Balaban J connectivity index is 1.57. The number of aliphatic hydroxyl groups excluding tert-OH is 1. The first-order chi connectivity index (χ1) is 10.1. The van der Waals surface area contributed by atoms with Gasteiger partial charge in [-0.1, -0.05) is 39.5 Å². The first kappa shape index (κ1) is 17.2. The van der Waals surface area contributed by atoms with Gasteiger partial charge in [0.15, 0.2) is 0 Å². The van der Waals surface area contributed by atoms with Crippen molar-refractivity contribution >= 4 is 0 Å². The predicted octanol–water partition coefficient (Wildman–Crippen LogP) is 3.50. The van der Waals surface area contributed by atoms with E-state index in [-0.39, 0.29) is 6.10 Å². The van der Waals surface area contributed by atoms with Crippen LogP contribution in [0.4, 0.5) is 0 Å². The van der Waals surface area contributed by atoms with E-state index in [0.717, 1.165) is 11.8 Å². The zero-order chi connectivity index (χ0) is 15.1. The van der Waals surface area contributed by atoms with Crippen molar-refractivity contribution in [1.29, 1.82) is 0 Å². The fraction of sp³-hybridized carbons (Fsp3) is 1.00. The summed E-state index contributed by atoms with van der Waals surface area (Å²) in [6.07, 6.45) is 11.5. The van der Waals surface area contributed by atoms with Crippen LogP contribution in [0.1, 0.15) is 71.6 Å². The molecule has 0 amide bonds. The van der Waals surface area contributed by atoms with Gasteiger partial charge >= 0.3 is 0 Å². The van der Waals surface area contributed by atoms with Crippen molar-refractivity contribution < 1.29 is 9.84 Å². The summed E-state index contributed by atoms with van der Waals surface area (Å²) in [5, 5.41) is 13.7. The molecule has 3 heteroatoms. The lowest BCUT2D eigenvalue weighted by Gasteiger charge is -2.28. The monoisotopic (exact) mass is 297 g/mol. The molecule has 2 aliphatic carbocycles. The molecule has 2 saturated carbocycles. The standard InChI is InChI=1S/C18H35NO2/c1-14-5-3-7-16(10-9-14)19-12-17(20)13-21-18-8-4-6-15(2)11-18/h14-20H,3-13H2,1-2H3. The Morgan fingerprint density at radius 1 is 1.00 bits per heavy atom. The molecule has 0 aliphatic heterocycles. The van der Waals surface area contributed by atoms with Gasteiger partial charge in [-0.15, -0.1) is 0 Å². The topological polar surface area (TPSA) is 41.5 Å². The summed E-state index contributed by atoms with van der Waals surface area (Å²) in [6, 6.07) is 0.597. The number of nitrogens with one attached hydrogen (secondary N) is 1. The minimum Gasteiger partial charge on any atom is -0.389 e. The Kier molecular flexibility index (Phi) is 7.48. The maximum Gasteiger partial charge on any atom is 0.0897 e. The highest BCUT2D eigenvalue weighted by Crippen LogP contribution is 2.26. The number of hydrogen-bond donors (Lipinski definition) is 2. The number of ether oxygens (including phenoxy) is 1. The molecule has 0 saturated heterocycles. The van der Waals surface area contributed by atoms with Crippen LogP contribution in [-0.2, 0) is 4.74 Å². The van der Waals surface area contributed by atoms with Crippen LogP contribution >= 0.6 is 0 Å². The minimum absolute atomic E-state index is 0.358. The molecular formula is C18H35NO2. The fourth-order valence-electron chi connectivity index (χ4n) is 3.83. The largest absolute Gasteiger partial charge is 0.389 e. The van der Waals surface area contributed by atoms with Gasteiger partial charge in [0.1, 0.15) is 0 Å². The summed E-state index contributed by atoms with van der Waals surface area (Å²) in [7, 11) is 0. The van der Waals surface area contributed by atoms with Gasteiger partial charge in [0.25, 0.3) is 0 Å². The van der Waals surface area contributed by atoms with E-state index < -0.39 is 0 Å². The molecule has 0 radical (unpaired) electrons. The molecule has 0 aromatic rings. The second-order valence-electron chi connectivity index (χ2n) is 7.60. The van der Waals surface area contributed by atoms with Gasteiger partial charge in [-0.3, -0.25) is 0 Å². The first-order valence-corrected chi connectivity index (χ1v) is 9.16. The third-order valence-corrected chi connectivity index (χ3v) is 5.31. The van der Waals surface area contributed by atoms with Crippen molar-refractivity contribution in [3.63, 3.8) is 0 Å². The summed E-state index contributed by atoms with van der Waals surface area (Å²) in [5.74, 6) is 1.66. The smallest absolute Gasteiger partial charge is 0.0897 e. The maximum absolute atomic E-state index is 10.1. The Hall–Kier alpha value is -0.120. The Morgan fingerprint density at radius 2 is 1.76 bits per heavy atom. The molecule has 0 aromatic carbocycles. The molecule has 2 rings (SSSR count). The zero-order valence-corrected chi connectivity index (χ0v) is 14.0. The van der Waals surface area contributed by atoms with E-state index in [1.54, 1.807) is 0 Å². The molecule has 2 fully saturated rings. The molecule has 3 nitrogen and oxygen atoms in total. The molecule has 5 atom stereocenters. The molecule has 2 aliphatic rings. The van der Waals surface area contributed by atoms with E-state index in [4.69, 9.17) is 4.74 Å². The highest BCUT2D eigenvalue weighted by Gasteiger charge is 2.21. The van der Waals surface area contributed by atoms with Crippen LogP contribution in [0.2, 0.25) is 0 Å². The number of aliphatic hydroxyl groups is 1. The second kappa shape index (κ2) is 9.12. The highest BCUT2D eigenvalue weighted by atomic mass is 16.5. The highest BCUT2D eigenvalue weighted by molar-refractivity contribution is 4.75. The molecule has 0 bridgehead atoms. The summed E-state index contributed by atoms with van der Waals surface area (Å²) in [4.78, 5) is 0. The van der Waals surface area contributed by atoms with Gasteiger partial charge in [-0.25, -0.2) is 0 Å². The van der Waals surface area contributed by atoms with Gasteiger partial charge in [0.05, 0.1) is 18.8 Å². The predicted molar refractivity (Wildman–Crippen MR) is 87.4 cm³/mol. The van der Waals surface area contributed by atoms with Crippen LogP contribution in [-0.4, -0.2) is 36.5 Å². The average molecular weight is 297 g/mol. The van der Waals surface area contributed by atoms with Crippen LogP contribution in [0.15, 0.2) is 0 Å². The van der Waals surface area contributed by atoms with Gasteiger partial charge < -0.3 is 15.2 Å². The summed E-state index contributed by atoms with van der Waals surface area (Å²) >= 11 is 0. The summed E-state index contributed by atoms with van der Waals surface area (Å²) in [5.41, 5.74) is 0. The van der Waals surface area contributed by atoms with E-state index >= 15 is 0 Å². The summed E-state index contributed by atoms with van der Waals surface area (Å²) in [6.45, 7) is 5.84. The van der Waals surface area contributed by atoms with Crippen LogP contribution in [0, 0.1) is 11.8 Å². The van der Waals surface area contributed by atoms with Crippen molar-refractivity contribution in [2.75, 3.05) is 13.2 Å². The van der Waals surface area contributed by atoms with Crippen LogP contribution in [0.25, 0.3) is 0 Å². The van der Waals surface area contributed by atoms with Gasteiger partial charge in [-0.05, 0) is 43.9 Å². The minimum atomic E-state index is -0.358. The van der Waals surface area contributed by atoms with Crippen molar-refractivity contribution in [3.05, 3.63) is 0 Å². The van der Waals surface area contributed by atoms with Crippen LogP contribution in [0.5, 0.6) is 0 Å². The maximum atomic E-state index is 10.1. The molecule has 124 valence electrons. The average Bonchev–Trinajstić information content (AvgIpc) is 2.68. The quantitative estimate of drug-likeness (QED) is 0.737. The Morgan fingerprint density at radius 3 is 2.57 bits per heavy atom. The van der Waals surface area contributed by atoms with E-state index in [0.29, 0.717) is 25.3 Å². The normalized spacial score (nSPS) is 36.1. The third-order valence-electron chi connectivity index (χ3n) is 5.31. The van der Waals surface area contributed by atoms with Crippen molar-refractivity contribution in [2.45, 2.75) is 89.9 Å². The molecule has 0 spiro atoms. The second-order valence-corrected chi connectivity index (χ2v) is 7.60. The third kappa shape index (κ3) is 6.66. The van der Waals surface area contributed by atoms with Gasteiger partial charge in [0, 0.05) is 12.6 Å². The Labute approximate surface area is 130 Å².